The van der Waals surface area contributed by atoms with Crippen LogP contribution < -0.4 is 4.74 Å². The summed E-state index contributed by atoms with van der Waals surface area (Å²) in [6.45, 7) is 1.84. The third kappa shape index (κ3) is 3.15. The molecule has 7 heteroatoms. The van der Waals surface area contributed by atoms with Crippen LogP contribution in [0.5, 0.6) is 5.75 Å². The smallest absolute Gasteiger partial charge is 0.335 e. The standard InChI is InChI=1S/C25H18FN3O3/c1-13-9-15(25(30)31)5-8-18(13)23-24(32-2)22(14-3-6-17(26)7-4-14)19-10-16-12-27-29-20(16)11-21(19)28-23/h3-12H,1-2H3,(H,27,29)(H,30,31). The molecule has 2 heterocycles. The van der Waals surface area contributed by atoms with Gasteiger partial charge in [0, 0.05) is 21.9 Å². The quantitative estimate of drug-likeness (QED) is 0.390. The van der Waals surface area contributed by atoms with Crippen molar-refractivity contribution in [3.05, 3.63) is 77.7 Å². The Kier molecular flexibility index (Phi) is 4.59. The third-order valence-electron chi connectivity index (χ3n) is 5.57. The summed E-state index contributed by atoms with van der Waals surface area (Å²) in [6.07, 6.45) is 1.73. The van der Waals surface area contributed by atoms with E-state index in [0.29, 0.717) is 17.0 Å². The van der Waals surface area contributed by atoms with Gasteiger partial charge < -0.3 is 9.84 Å². The zero-order valence-electron chi connectivity index (χ0n) is 17.3. The lowest BCUT2D eigenvalue weighted by atomic mass is 9.94. The van der Waals surface area contributed by atoms with Crippen molar-refractivity contribution >= 4 is 27.8 Å². The molecule has 3 aromatic carbocycles. The zero-order chi connectivity index (χ0) is 22.4. The SMILES string of the molecule is COc1c(-c2ccc(C(=O)O)cc2C)nc2cc3[nH]ncc3cc2c1-c1ccc(F)cc1. The predicted octanol–water partition coefficient (Wildman–Crippen LogP) is 5.60. The summed E-state index contributed by atoms with van der Waals surface area (Å²) in [5, 5.41) is 18.2. The number of carboxylic acid groups (broad SMARTS) is 1. The molecule has 0 saturated heterocycles. The van der Waals surface area contributed by atoms with Crippen LogP contribution in [0.3, 0.4) is 0 Å². The molecule has 0 saturated carbocycles. The first-order chi connectivity index (χ1) is 15.5. The van der Waals surface area contributed by atoms with Gasteiger partial charge in [0.05, 0.1) is 29.9 Å². The molecule has 0 unspecified atom stereocenters. The number of rotatable bonds is 4. The molecule has 0 aliphatic heterocycles. The molecule has 5 aromatic rings. The number of pyridine rings is 1. The van der Waals surface area contributed by atoms with Crippen molar-refractivity contribution in [3.63, 3.8) is 0 Å². The number of aromatic carboxylic acids is 1. The zero-order valence-corrected chi connectivity index (χ0v) is 17.3. The number of hydrogen-bond acceptors (Lipinski definition) is 4. The minimum Gasteiger partial charge on any atom is -0.494 e. The highest BCUT2D eigenvalue weighted by Gasteiger charge is 2.21. The highest BCUT2D eigenvalue weighted by Crippen LogP contribution is 2.44. The monoisotopic (exact) mass is 427 g/mol. The molecule has 0 amide bonds. The number of aromatic amines is 1. The van der Waals surface area contributed by atoms with Gasteiger partial charge in [-0.25, -0.2) is 14.2 Å². The summed E-state index contributed by atoms with van der Waals surface area (Å²) in [4.78, 5) is 16.3. The molecular weight excluding hydrogens is 409 g/mol. The highest BCUT2D eigenvalue weighted by molar-refractivity contribution is 6.06. The van der Waals surface area contributed by atoms with E-state index in [1.807, 2.05) is 19.1 Å². The maximum Gasteiger partial charge on any atom is 0.335 e. The van der Waals surface area contributed by atoms with E-state index in [0.717, 1.165) is 38.5 Å². The molecule has 158 valence electrons. The van der Waals surface area contributed by atoms with E-state index in [1.54, 1.807) is 43.6 Å². The topological polar surface area (TPSA) is 88.1 Å². The molecule has 32 heavy (non-hydrogen) atoms. The van der Waals surface area contributed by atoms with Crippen molar-refractivity contribution in [2.75, 3.05) is 7.11 Å². The van der Waals surface area contributed by atoms with E-state index in [4.69, 9.17) is 9.72 Å². The van der Waals surface area contributed by atoms with Gasteiger partial charge in [-0.2, -0.15) is 5.10 Å². The minimum absolute atomic E-state index is 0.198. The summed E-state index contributed by atoms with van der Waals surface area (Å²) in [5.74, 6) is -0.798. The Morgan fingerprint density at radius 3 is 2.56 bits per heavy atom. The molecule has 0 bridgehead atoms. The van der Waals surface area contributed by atoms with Crippen molar-refractivity contribution in [1.29, 1.82) is 0 Å². The van der Waals surface area contributed by atoms with Crippen molar-refractivity contribution < 1.29 is 19.0 Å². The Balaban J connectivity index is 1.89. The van der Waals surface area contributed by atoms with E-state index in [9.17, 15) is 14.3 Å². The molecule has 0 aliphatic rings. The maximum atomic E-state index is 13.7. The van der Waals surface area contributed by atoms with Crippen LogP contribution in [0.4, 0.5) is 4.39 Å². The average molecular weight is 427 g/mol. The van der Waals surface area contributed by atoms with Gasteiger partial charge >= 0.3 is 5.97 Å². The number of benzene rings is 3. The van der Waals surface area contributed by atoms with E-state index >= 15 is 0 Å². The van der Waals surface area contributed by atoms with Crippen LogP contribution >= 0.6 is 0 Å². The number of nitrogens with one attached hydrogen (secondary N) is 1. The number of carboxylic acids is 1. The predicted molar refractivity (Wildman–Crippen MR) is 120 cm³/mol. The van der Waals surface area contributed by atoms with Gasteiger partial charge in [0.25, 0.3) is 0 Å². The molecule has 0 radical (unpaired) electrons. The number of carbonyl (C=O) groups is 1. The Labute approximate surface area is 182 Å². The summed E-state index contributed by atoms with van der Waals surface area (Å²) in [7, 11) is 1.57. The lowest BCUT2D eigenvalue weighted by Crippen LogP contribution is -2.01. The van der Waals surface area contributed by atoms with E-state index in [1.165, 1.54) is 12.1 Å². The molecule has 0 spiro atoms. The Bertz CT molecular complexity index is 1510. The van der Waals surface area contributed by atoms with Crippen LogP contribution in [0.15, 0.2) is 60.8 Å². The van der Waals surface area contributed by atoms with Crippen LogP contribution in [0.1, 0.15) is 15.9 Å². The third-order valence-corrected chi connectivity index (χ3v) is 5.57. The molecule has 0 aliphatic carbocycles. The number of methoxy groups -OCH3 is 1. The van der Waals surface area contributed by atoms with E-state index in [-0.39, 0.29) is 11.4 Å². The van der Waals surface area contributed by atoms with Crippen LogP contribution in [0.25, 0.3) is 44.2 Å². The molecule has 6 nitrogen and oxygen atoms in total. The number of aromatic nitrogens is 3. The number of aryl methyl sites for hydroxylation is 1. The number of hydrogen-bond donors (Lipinski definition) is 2. The molecule has 5 rings (SSSR count). The Morgan fingerprint density at radius 1 is 1.09 bits per heavy atom. The fraction of sp³-hybridized carbons (Fsp3) is 0.0800. The normalized spacial score (nSPS) is 11.2. The van der Waals surface area contributed by atoms with Crippen molar-refractivity contribution in [2.24, 2.45) is 0 Å². The lowest BCUT2D eigenvalue weighted by Gasteiger charge is -2.18. The van der Waals surface area contributed by atoms with Gasteiger partial charge in [0.15, 0.2) is 5.75 Å². The lowest BCUT2D eigenvalue weighted by molar-refractivity contribution is 0.0697. The van der Waals surface area contributed by atoms with E-state index < -0.39 is 5.97 Å². The summed E-state index contributed by atoms with van der Waals surface area (Å²) in [5.41, 5.74) is 5.38. The highest BCUT2D eigenvalue weighted by atomic mass is 19.1. The minimum atomic E-state index is -0.994. The summed E-state index contributed by atoms with van der Waals surface area (Å²) >= 11 is 0. The van der Waals surface area contributed by atoms with Crippen molar-refractivity contribution in [2.45, 2.75) is 6.92 Å². The Hall–Kier alpha value is -4.26. The van der Waals surface area contributed by atoms with Gasteiger partial charge in [-0.05, 0) is 54.4 Å². The van der Waals surface area contributed by atoms with E-state index in [2.05, 4.69) is 10.2 Å². The number of nitrogens with zero attached hydrogens (tertiary/aromatic N) is 2. The number of halogens is 1. The van der Waals surface area contributed by atoms with Crippen LogP contribution in [0, 0.1) is 12.7 Å². The summed E-state index contributed by atoms with van der Waals surface area (Å²) < 4.78 is 19.5. The molecule has 2 aromatic heterocycles. The average Bonchev–Trinajstić information content (AvgIpc) is 3.24. The van der Waals surface area contributed by atoms with Crippen LogP contribution in [-0.4, -0.2) is 33.4 Å². The van der Waals surface area contributed by atoms with Crippen LogP contribution in [0.2, 0.25) is 0 Å². The molecular formula is C25H18FN3O3. The van der Waals surface area contributed by atoms with Crippen LogP contribution in [-0.2, 0) is 0 Å². The number of ether oxygens (including phenoxy) is 1. The maximum absolute atomic E-state index is 13.7. The number of H-pyrrole nitrogens is 1. The first-order valence-corrected chi connectivity index (χ1v) is 9.91. The van der Waals surface area contributed by atoms with Crippen molar-refractivity contribution in [3.8, 4) is 28.1 Å². The molecule has 2 N–H and O–H groups in total. The Morgan fingerprint density at radius 2 is 1.88 bits per heavy atom. The molecule has 0 atom stereocenters. The fourth-order valence-corrected chi connectivity index (χ4v) is 4.03. The second-order valence-corrected chi connectivity index (χ2v) is 7.54. The fourth-order valence-electron chi connectivity index (χ4n) is 4.03. The summed E-state index contributed by atoms with van der Waals surface area (Å²) in [6, 6.07) is 15.0. The second-order valence-electron chi connectivity index (χ2n) is 7.54. The van der Waals surface area contributed by atoms with Gasteiger partial charge in [-0.15, -0.1) is 0 Å². The second kappa shape index (κ2) is 7.46. The largest absolute Gasteiger partial charge is 0.494 e. The van der Waals surface area contributed by atoms with Gasteiger partial charge in [0.2, 0.25) is 0 Å². The first kappa shape index (κ1) is 19.7. The molecule has 0 fully saturated rings. The van der Waals surface area contributed by atoms with Gasteiger partial charge in [0.1, 0.15) is 11.5 Å². The first-order valence-electron chi connectivity index (χ1n) is 9.91. The number of fused-ring (bicyclic) bond motifs is 2. The van der Waals surface area contributed by atoms with Gasteiger partial charge in [-0.3, -0.25) is 5.10 Å². The van der Waals surface area contributed by atoms with Crippen molar-refractivity contribution in [1.82, 2.24) is 15.2 Å². The van der Waals surface area contributed by atoms with Gasteiger partial charge in [-0.1, -0.05) is 18.2 Å².